The van der Waals surface area contributed by atoms with E-state index in [1.807, 2.05) is 32.9 Å². The molecule has 0 saturated carbocycles. The molecule has 0 aliphatic rings. The summed E-state index contributed by atoms with van der Waals surface area (Å²) in [6.07, 6.45) is 0.203. The van der Waals surface area contributed by atoms with Crippen molar-refractivity contribution >= 4 is 0 Å². The number of hydrogen-bond donors (Lipinski definition) is 1. The van der Waals surface area contributed by atoms with E-state index in [9.17, 15) is 5.11 Å². The van der Waals surface area contributed by atoms with Crippen molar-refractivity contribution in [3.63, 3.8) is 0 Å². The van der Waals surface area contributed by atoms with Crippen molar-refractivity contribution in [1.82, 2.24) is 0 Å². The third-order valence-corrected chi connectivity index (χ3v) is 4.46. The van der Waals surface area contributed by atoms with E-state index in [1.165, 1.54) is 16.7 Å². The first-order valence-corrected chi connectivity index (χ1v) is 9.72. The summed E-state index contributed by atoms with van der Waals surface area (Å²) in [6, 6.07) is 8.26. The first kappa shape index (κ1) is 46.3. The summed E-state index contributed by atoms with van der Waals surface area (Å²) in [7, 11) is 0. The third kappa shape index (κ3) is 14.9. The summed E-state index contributed by atoms with van der Waals surface area (Å²) in [5.74, 6) is 2.29. The molecule has 0 aliphatic heterocycles. The number of rotatable bonds is 4. The van der Waals surface area contributed by atoms with Crippen LogP contribution < -0.4 is 4.74 Å². The van der Waals surface area contributed by atoms with Crippen LogP contribution in [0.2, 0.25) is 0 Å². The van der Waals surface area contributed by atoms with Gasteiger partial charge in [0, 0.05) is 76.9 Å². The van der Waals surface area contributed by atoms with E-state index in [1.54, 1.807) is 0 Å². The van der Waals surface area contributed by atoms with E-state index in [2.05, 4.69) is 60.6 Å². The van der Waals surface area contributed by atoms with Crippen LogP contribution in [0.3, 0.4) is 0 Å². The van der Waals surface area contributed by atoms with Gasteiger partial charge in [-0.15, -0.1) is 11.1 Å². The summed E-state index contributed by atoms with van der Waals surface area (Å²) in [6.45, 7) is 24.5. The van der Waals surface area contributed by atoms with E-state index in [0.717, 1.165) is 22.4 Å². The van der Waals surface area contributed by atoms with Crippen LogP contribution in [0.1, 0.15) is 102 Å². The molecule has 2 rings (SSSR count). The van der Waals surface area contributed by atoms with Crippen LogP contribution in [0.25, 0.3) is 0 Å². The van der Waals surface area contributed by atoms with E-state index in [0.29, 0.717) is 17.6 Å². The maximum absolute atomic E-state index is 9.45. The van der Waals surface area contributed by atoms with Gasteiger partial charge >= 0.3 is 0 Å². The van der Waals surface area contributed by atoms with Crippen molar-refractivity contribution in [2.24, 2.45) is 0 Å². The zero-order valence-electron chi connectivity index (χ0n) is 21.5. The molecule has 188 valence electrons. The molecule has 0 aliphatic carbocycles. The SMILES string of the molecule is C.C.[CH2-]c1cc(C(C)C)cc(C)c1O.[CH2-]c1cc(C(C)C)cc(C)c1OC(C)C.[CH3-].[CH3-].[Y].[Y]. The van der Waals surface area contributed by atoms with Crippen LogP contribution in [0.15, 0.2) is 24.3 Å². The van der Waals surface area contributed by atoms with Gasteiger partial charge < -0.3 is 24.7 Å². The maximum Gasteiger partial charge on any atom is 0.0767 e. The predicted molar refractivity (Wildman–Crippen MR) is 143 cm³/mol. The fourth-order valence-corrected chi connectivity index (χ4v) is 2.83. The minimum absolute atomic E-state index is 0. The van der Waals surface area contributed by atoms with Crippen molar-refractivity contribution in [3.8, 4) is 11.5 Å². The maximum atomic E-state index is 9.45. The molecule has 1 N–H and O–H groups in total. The number of aromatic hydroxyl groups is 1. The average Bonchev–Trinajstić information content (AvgIpc) is 2.55. The quantitative estimate of drug-likeness (QED) is 0.351. The van der Waals surface area contributed by atoms with E-state index < -0.39 is 0 Å². The molecule has 4 heteroatoms. The predicted octanol–water partition coefficient (Wildman–Crippen LogP) is 9.26. The molecule has 0 saturated heterocycles. The Morgan fingerprint density at radius 2 is 1.06 bits per heavy atom. The smallest absolute Gasteiger partial charge is 0.0767 e. The number of phenolic OH excluding ortho intramolecular Hbond substituents is 1. The molecule has 2 radical (unpaired) electrons. The van der Waals surface area contributed by atoms with Gasteiger partial charge in [0.15, 0.2) is 0 Å². The van der Waals surface area contributed by atoms with Gasteiger partial charge in [-0.25, -0.2) is 0 Å². The second kappa shape index (κ2) is 21.3. The van der Waals surface area contributed by atoms with Gasteiger partial charge in [0.1, 0.15) is 0 Å². The Bertz CT molecular complexity index is 720. The Morgan fingerprint density at radius 1 is 0.697 bits per heavy atom. The largest absolute Gasteiger partial charge is 0.565 e. The summed E-state index contributed by atoms with van der Waals surface area (Å²) in [5, 5.41) is 9.45. The molecule has 0 aromatic heterocycles. The zero-order chi connectivity index (χ0) is 20.9. The van der Waals surface area contributed by atoms with Crippen LogP contribution >= 0.6 is 0 Å². The monoisotopic (exact) mass is 608 g/mol. The Hall–Kier alpha value is -0.0122. The Labute approximate surface area is 258 Å². The third-order valence-electron chi connectivity index (χ3n) is 4.46. The van der Waals surface area contributed by atoms with Crippen molar-refractivity contribution in [3.05, 3.63) is 86.3 Å². The van der Waals surface area contributed by atoms with Crippen molar-refractivity contribution in [1.29, 1.82) is 0 Å². The van der Waals surface area contributed by atoms with Gasteiger partial charge in [0.2, 0.25) is 0 Å². The molecule has 33 heavy (non-hydrogen) atoms. The summed E-state index contributed by atoms with van der Waals surface area (Å²) in [5.41, 5.74) is 6.36. The van der Waals surface area contributed by atoms with Gasteiger partial charge in [-0.3, -0.25) is 0 Å². The number of benzene rings is 2. The van der Waals surface area contributed by atoms with Gasteiger partial charge in [-0.2, -0.15) is 37.1 Å². The number of hydrogen-bond acceptors (Lipinski definition) is 2. The van der Waals surface area contributed by atoms with Crippen molar-refractivity contribution in [2.75, 3.05) is 0 Å². The molecule has 0 heterocycles. The van der Waals surface area contributed by atoms with Gasteiger partial charge in [-0.1, -0.05) is 65.8 Å². The minimum atomic E-state index is 0. The molecule has 2 nitrogen and oxygen atoms in total. The number of aryl methyl sites for hydroxylation is 2. The van der Waals surface area contributed by atoms with E-state index in [-0.39, 0.29) is 101 Å². The van der Waals surface area contributed by atoms with Crippen LogP contribution in [0.4, 0.5) is 0 Å². The molecule has 0 amide bonds. The van der Waals surface area contributed by atoms with Crippen LogP contribution in [0, 0.1) is 42.5 Å². The number of phenols is 1. The first-order valence-electron chi connectivity index (χ1n) is 9.72. The van der Waals surface area contributed by atoms with E-state index >= 15 is 0 Å². The average molecular weight is 609 g/mol. The Morgan fingerprint density at radius 3 is 1.36 bits per heavy atom. The van der Waals surface area contributed by atoms with Crippen LogP contribution in [-0.4, -0.2) is 11.2 Å². The molecule has 2 aromatic carbocycles. The molecular weight excluding hydrogens is 558 g/mol. The van der Waals surface area contributed by atoms with E-state index in [4.69, 9.17) is 4.74 Å². The standard InChI is InChI=1S/C14H21O.C11H15O.2CH4.2CH3.2Y/c1-9(2)13-7-11(5)14(12(6)8-13)15-10(3)4;1-7(2)10-5-8(3)11(12)9(4)6-10;;;;;;/h7-10H,5H2,1-4,6H3;5-7,12H,3H2,1-2,4H3;2*1H4;2*1H3;;/q2*-1;;;2*-1;;. The van der Waals surface area contributed by atoms with Gasteiger partial charge in [-0.05, 0) is 39.5 Å². The van der Waals surface area contributed by atoms with Gasteiger partial charge in [0.05, 0.1) is 6.10 Å². The first-order chi connectivity index (χ1) is 12.4. The fraction of sp³-hybridized carbons (Fsp3) is 0.448. The van der Waals surface area contributed by atoms with Gasteiger partial charge in [0.25, 0.3) is 0 Å². The molecule has 0 atom stereocenters. The summed E-state index contributed by atoms with van der Waals surface area (Å²) < 4.78 is 5.75. The Kier molecular flexibility index (Phi) is 29.9. The summed E-state index contributed by atoms with van der Waals surface area (Å²) in [4.78, 5) is 0. The zero-order valence-corrected chi connectivity index (χ0v) is 27.1. The van der Waals surface area contributed by atoms with Crippen LogP contribution in [0.5, 0.6) is 11.5 Å². The summed E-state index contributed by atoms with van der Waals surface area (Å²) >= 11 is 0. The molecular formula is C29H50O2Y2-4. The topological polar surface area (TPSA) is 29.5 Å². The fourth-order valence-electron chi connectivity index (χ4n) is 2.83. The van der Waals surface area contributed by atoms with Crippen molar-refractivity contribution in [2.45, 2.75) is 88.2 Å². The normalized spacial score (nSPS) is 8.94. The second-order valence-electron chi connectivity index (χ2n) is 8.15. The molecule has 0 fully saturated rings. The van der Waals surface area contributed by atoms with Crippen molar-refractivity contribution < 1.29 is 75.3 Å². The molecule has 0 unspecified atom stereocenters. The minimum Gasteiger partial charge on any atom is -0.565 e. The second-order valence-corrected chi connectivity index (χ2v) is 8.15. The molecule has 0 bridgehead atoms. The Balaban J connectivity index is -0.0000000948. The number of ether oxygens (including phenoxy) is 1. The van der Waals surface area contributed by atoms with Crippen LogP contribution in [-0.2, 0) is 65.4 Å². The molecule has 0 spiro atoms. The molecule has 2 aromatic rings.